The number of rotatable bonds is 3. The van der Waals surface area contributed by atoms with Crippen molar-refractivity contribution in [3.63, 3.8) is 0 Å². The Balaban J connectivity index is 2.02. The Labute approximate surface area is 88.9 Å². The van der Waals surface area contributed by atoms with E-state index in [0.717, 1.165) is 11.8 Å². The van der Waals surface area contributed by atoms with Crippen LogP contribution in [0.2, 0.25) is 0 Å². The zero-order valence-electron chi connectivity index (χ0n) is 8.09. The summed E-state index contributed by atoms with van der Waals surface area (Å²) in [4.78, 5) is 2.73. The van der Waals surface area contributed by atoms with Crippen LogP contribution in [0.4, 0.5) is 0 Å². The third-order valence-electron chi connectivity index (χ3n) is 2.91. The normalized spacial score (nSPS) is 28.8. The van der Waals surface area contributed by atoms with Crippen LogP contribution in [0.3, 0.4) is 0 Å². The van der Waals surface area contributed by atoms with E-state index in [0.29, 0.717) is 0 Å². The van der Waals surface area contributed by atoms with E-state index in [4.69, 9.17) is 11.6 Å². The van der Waals surface area contributed by atoms with Crippen LogP contribution in [-0.4, -0.2) is 0 Å². The average Bonchev–Trinajstić information content (AvgIpc) is 2.80. The van der Waals surface area contributed by atoms with Crippen molar-refractivity contribution in [2.24, 2.45) is 11.8 Å². The number of hydrogen-bond donors (Lipinski definition) is 0. The lowest BCUT2D eigenvalue weighted by atomic mass is 10.2. The average molecular weight is 215 g/mol. The molecule has 0 amide bonds. The molecular weight excluding hydrogens is 200 g/mol. The summed E-state index contributed by atoms with van der Waals surface area (Å²) in [5.41, 5.74) is 0. The number of halogens is 1. The van der Waals surface area contributed by atoms with Crippen LogP contribution in [0.15, 0.2) is 12.1 Å². The maximum absolute atomic E-state index is 6.40. The summed E-state index contributed by atoms with van der Waals surface area (Å²) in [6, 6.07) is 4.35. The van der Waals surface area contributed by atoms with Gasteiger partial charge in [0.05, 0.1) is 5.38 Å². The zero-order chi connectivity index (χ0) is 9.42. The molecule has 1 heterocycles. The summed E-state index contributed by atoms with van der Waals surface area (Å²) in [5.74, 6) is 1.65. The lowest BCUT2D eigenvalue weighted by Crippen LogP contribution is -1.91. The van der Waals surface area contributed by atoms with Gasteiger partial charge in [0, 0.05) is 9.75 Å². The molecule has 0 radical (unpaired) electrons. The molecule has 1 aliphatic carbocycles. The van der Waals surface area contributed by atoms with Crippen molar-refractivity contribution in [3.05, 3.63) is 21.9 Å². The molecule has 1 aromatic heterocycles. The second kappa shape index (κ2) is 3.62. The van der Waals surface area contributed by atoms with Crippen molar-refractivity contribution in [1.29, 1.82) is 0 Å². The minimum atomic E-state index is 0.281. The van der Waals surface area contributed by atoms with Crippen LogP contribution in [0, 0.1) is 18.8 Å². The fraction of sp³-hybridized carbons (Fsp3) is 0.636. The molecule has 0 saturated heterocycles. The van der Waals surface area contributed by atoms with Gasteiger partial charge in [-0.15, -0.1) is 22.9 Å². The third-order valence-corrected chi connectivity index (χ3v) is 4.68. The largest absolute Gasteiger partial charge is 0.144 e. The highest BCUT2D eigenvalue weighted by Crippen LogP contribution is 2.53. The van der Waals surface area contributed by atoms with Gasteiger partial charge in [-0.2, -0.15) is 0 Å². The van der Waals surface area contributed by atoms with Gasteiger partial charge in [-0.25, -0.2) is 0 Å². The van der Waals surface area contributed by atoms with Gasteiger partial charge in [-0.1, -0.05) is 13.3 Å². The first-order valence-electron chi connectivity index (χ1n) is 4.92. The monoisotopic (exact) mass is 214 g/mol. The van der Waals surface area contributed by atoms with Crippen LogP contribution in [0.1, 0.15) is 34.9 Å². The number of thiophene rings is 1. The lowest BCUT2D eigenvalue weighted by molar-refractivity contribution is 0.667. The van der Waals surface area contributed by atoms with Gasteiger partial charge in [0.25, 0.3) is 0 Å². The Morgan fingerprint density at radius 1 is 1.62 bits per heavy atom. The van der Waals surface area contributed by atoms with E-state index in [1.54, 1.807) is 0 Å². The van der Waals surface area contributed by atoms with Crippen LogP contribution < -0.4 is 0 Å². The highest BCUT2D eigenvalue weighted by Gasteiger charge is 2.41. The van der Waals surface area contributed by atoms with Gasteiger partial charge in [0.1, 0.15) is 0 Å². The van der Waals surface area contributed by atoms with Crippen molar-refractivity contribution in [1.82, 2.24) is 0 Å². The summed E-state index contributed by atoms with van der Waals surface area (Å²) in [6.07, 6.45) is 2.62. The van der Waals surface area contributed by atoms with Crippen molar-refractivity contribution < 1.29 is 0 Å². The first kappa shape index (κ1) is 9.54. The van der Waals surface area contributed by atoms with Crippen LogP contribution in [0.5, 0.6) is 0 Å². The smallest absolute Gasteiger partial charge is 0.0709 e. The van der Waals surface area contributed by atoms with E-state index in [1.165, 1.54) is 22.6 Å². The van der Waals surface area contributed by atoms with E-state index in [1.807, 2.05) is 11.3 Å². The van der Waals surface area contributed by atoms with Gasteiger partial charge in [-0.3, -0.25) is 0 Å². The first-order valence-corrected chi connectivity index (χ1v) is 6.18. The summed E-state index contributed by atoms with van der Waals surface area (Å²) in [6.45, 7) is 4.40. The van der Waals surface area contributed by atoms with Crippen LogP contribution in [-0.2, 0) is 0 Å². The molecule has 0 N–H and O–H groups in total. The van der Waals surface area contributed by atoms with Gasteiger partial charge in [-0.05, 0) is 37.3 Å². The molecule has 0 nitrogen and oxygen atoms in total. The molecule has 0 spiro atoms. The van der Waals surface area contributed by atoms with Crippen LogP contribution >= 0.6 is 22.9 Å². The van der Waals surface area contributed by atoms with E-state index in [-0.39, 0.29) is 5.38 Å². The van der Waals surface area contributed by atoms with E-state index in [9.17, 15) is 0 Å². The Morgan fingerprint density at radius 3 is 2.85 bits per heavy atom. The topological polar surface area (TPSA) is 0 Å². The Hall–Kier alpha value is -0.0100. The summed E-state index contributed by atoms with van der Waals surface area (Å²) < 4.78 is 0. The molecule has 72 valence electrons. The summed E-state index contributed by atoms with van der Waals surface area (Å²) >= 11 is 8.25. The number of alkyl halides is 1. The van der Waals surface area contributed by atoms with E-state index in [2.05, 4.69) is 26.0 Å². The SMILES string of the molecule is CC[C@@H]1C[C@H]1C(Cl)c1ccc(C)s1. The van der Waals surface area contributed by atoms with Crippen LogP contribution in [0.25, 0.3) is 0 Å². The predicted octanol–water partition coefficient (Wildman–Crippen LogP) is 4.38. The van der Waals surface area contributed by atoms with E-state index < -0.39 is 0 Å². The molecule has 3 atom stereocenters. The van der Waals surface area contributed by atoms with Gasteiger partial charge in [0.15, 0.2) is 0 Å². The molecule has 1 aliphatic rings. The maximum Gasteiger partial charge on any atom is 0.0709 e. The molecule has 1 unspecified atom stereocenters. The van der Waals surface area contributed by atoms with E-state index >= 15 is 0 Å². The summed E-state index contributed by atoms with van der Waals surface area (Å²) in [5, 5.41) is 0.281. The molecule has 0 aliphatic heterocycles. The van der Waals surface area contributed by atoms with Crippen molar-refractivity contribution in [2.75, 3.05) is 0 Å². The maximum atomic E-state index is 6.40. The second-order valence-corrected chi connectivity index (χ2v) is 5.71. The molecule has 13 heavy (non-hydrogen) atoms. The molecule has 0 bridgehead atoms. The third kappa shape index (κ3) is 1.92. The van der Waals surface area contributed by atoms with Crippen molar-refractivity contribution in [3.8, 4) is 0 Å². The van der Waals surface area contributed by atoms with Crippen molar-refractivity contribution in [2.45, 2.75) is 32.1 Å². The first-order chi connectivity index (χ1) is 6.22. The number of aryl methyl sites for hydroxylation is 1. The standard InChI is InChI=1S/C11H15ClS/c1-3-8-6-9(8)11(12)10-5-4-7(2)13-10/h4-5,8-9,11H,3,6H2,1-2H3/t8-,9-,11?/m1/s1. The Morgan fingerprint density at radius 2 is 2.38 bits per heavy atom. The van der Waals surface area contributed by atoms with Crippen molar-refractivity contribution >= 4 is 22.9 Å². The quantitative estimate of drug-likeness (QED) is 0.655. The molecule has 1 fully saturated rings. The minimum absolute atomic E-state index is 0.281. The highest BCUT2D eigenvalue weighted by atomic mass is 35.5. The Kier molecular flexibility index (Phi) is 2.66. The molecule has 2 heteroatoms. The summed E-state index contributed by atoms with van der Waals surface area (Å²) in [7, 11) is 0. The lowest BCUT2D eigenvalue weighted by Gasteiger charge is -2.04. The Bertz CT molecular complexity index is 292. The molecule has 1 saturated carbocycles. The van der Waals surface area contributed by atoms with Gasteiger partial charge < -0.3 is 0 Å². The highest BCUT2D eigenvalue weighted by molar-refractivity contribution is 7.12. The molecule has 1 aromatic rings. The zero-order valence-corrected chi connectivity index (χ0v) is 9.66. The van der Waals surface area contributed by atoms with Gasteiger partial charge >= 0.3 is 0 Å². The minimum Gasteiger partial charge on any atom is -0.144 e. The fourth-order valence-corrected chi connectivity index (χ4v) is 3.36. The second-order valence-electron chi connectivity index (χ2n) is 3.92. The molecule has 0 aromatic carbocycles. The number of hydrogen-bond acceptors (Lipinski definition) is 1. The molecule has 2 rings (SSSR count). The fourth-order valence-electron chi connectivity index (χ4n) is 1.91. The molecular formula is C11H15ClS. The van der Waals surface area contributed by atoms with Gasteiger partial charge in [0.2, 0.25) is 0 Å². The predicted molar refractivity (Wildman–Crippen MR) is 59.5 cm³/mol.